The van der Waals surface area contributed by atoms with Crippen molar-refractivity contribution in [1.82, 2.24) is 10.2 Å². The zero-order chi connectivity index (χ0) is 21.6. The zero-order valence-corrected chi connectivity index (χ0v) is 17.1. The molecule has 0 radical (unpaired) electrons. The fraction of sp³-hybridized carbons (Fsp3) is 0.190. The molecule has 0 aliphatic rings. The maximum atomic E-state index is 13.0. The Morgan fingerprint density at radius 1 is 1.07 bits per heavy atom. The number of nitrogens with zero attached hydrogens (tertiary/aromatic N) is 1. The van der Waals surface area contributed by atoms with Gasteiger partial charge in [0.15, 0.2) is 0 Å². The van der Waals surface area contributed by atoms with E-state index in [2.05, 4.69) is 5.32 Å². The van der Waals surface area contributed by atoms with Gasteiger partial charge in [-0.05, 0) is 61.0 Å². The summed E-state index contributed by atoms with van der Waals surface area (Å²) in [4.78, 5) is 13.8. The summed E-state index contributed by atoms with van der Waals surface area (Å²) < 4.78 is 48.0. The number of rotatable bonds is 8. The van der Waals surface area contributed by atoms with E-state index >= 15 is 0 Å². The molecule has 0 saturated heterocycles. The second kappa shape index (κ2) is 9.45. The third kappa shape index (κ3) is 5.60. The van der Waals surface area contributed by atoms with E-state index in [9.17, 15) is 17.6 Å². The molecule has 0 fully saturated rings. The Kier molecular flexibility index (Phi) is 6.73. The molecule has 2 aromatic carbocycles. The van der Waals surface area contributed by atoms with Gasteiger partial charge in [0.05, 0.1) is 12.8 Å². The summed E-state index contributed by atoms with van der Waals surface area (Å²) in [6.45, 7) is 2.89. The maximum Gasteiger partial charge on any atom is 0.339 e. The van der Waals surface area contributed by atoms with Crippen molar-refractivity contribution in [2.75, 3.05) is 6.54 Å². The Labute approximate surface area is 174 Å². The van der Waals surface area contributed by atoms with E-state index < -0.39 is 15.9 Å². The minimum atomic E-state index is -4.07. The highest BCUT2D eigenvalue weighted by Gasteiger charge is 2.18. The fourth-order valence-corrected chi connectivity index (χ4v) is 3.63. The molecule has 30 heavy (non-hydrogen) atoms. The Bertz CT molecular complexity index is 1070. The van der Waals surface area contributed by atoms with E-state index in [4.69, 9.17) is 8.60 Å². The van der Waals surface area contributed by atoms with Crippen molar-refractivity contribution in [1.29, 1.82) is 0 Å². The Hall–Kier alpha value is -3.33. The molecule has 0 atom stereocenters. The van der Waals surface area contributed by atoms with Gasteiger partial charge in [-0.25, -0.2) is 9.18 Å². The molecule has 0 aliphatic heterocycles. The number of nitrogens with one attached hydrogen (secondary N) is 1. The molecule has 0 bridgehead atoms. The van der Waals surface area contributed by atoms with Gasteiger partial charge in [0.1, 0.15) is 22.2 Å². The highest BCUT2D eigenvalue weighted by atomic mass is 32.2. The number of carbonyl (C=O) groups is 1. The summed E-state index contributed by atoms with van der Waals surface area (Å²) in [5.74, 6) is 0.217. The average molecular weight is 432 g/mol. The van der Waals surface area contributed by atoms with Crippen LogP contribution in [0.2, 0.25) is 0 Å². The smallest absolute Gasteiger partial charge is 0.339 e. The van der Waals surface area contributed by atoms with Gasteiger partial charge in [0, 0.05) is 13.1 Å². The number of urea groups is 1. The van der Waals surface area contributed by atoms with Gasteiger partial charge >= 0.3 is 16.1 Å². The van der Waals surface area contributed by atoms with Gasteiger partial charge in [0.25, 0.3) is 0 Å². The van der Waals surface area contributed by atoms with Gasteiger partial charge in [-0.3, -0.25) is 0 Å². The molecule has 9 heteroatoms. The van der Waals surface area contributed by atoms with Crippen molar-refractivity contribution in [2.24, 2.45) is 0 Å². The summed E-state index contributed by atoms with van der Waals surface area (Å²) in [7, 11) is -4.07. The van der Waals surface area contributed by atoms with Crippen molar-refractivity contribution < 1.29 is 26.2 Å². The standard InChI is InChI=1S/C21H21FN2O5S/c1-2-23-21(25)24(15-19-4-3-13-28-19)14-16-5-9-18(10-6-16)29-30(26,27)20-11-7-17(22)8-12-20/h3-13H,2,14-15H2,1H3,(H,23,25). The first-order chi connectivity index (χ1) is 14.4. The lowest BCUT2D eigenvalue weighted by atomic mass is 10.2. The summed E-state index contributed by atoms with van der Waals surface area (Å²) >= 11 is 0. The van der Waals surface area contributed by atoms with Gasteiger partial charge in [-0.15, -0.1) is 0 Å². The van der Waals surface area contributed by atoms with Crippen LogP contribution < -0.4 is 9.50 Å². The molecule has 0 saturated carbocycles. The van der Waals surface area contributed by atoms with Crippen LogP contribution in [0.5, 0.6) is 5.75 Å². The van der Waals surface area contributed by atoms with Crippen molar-refractivity contribution >= 4 is 16.1 Å². The summed E-state index contributed by atoms with van der Waals surface area (Å²) in [5, 5.41) is 2.76. The third-order valence-electron chi connectivity index (χ3n) is 4.15. The number of carbonyl (C=O) groups excluding carboxylic acids is 1. The number of hydrogen-bond donors (Lipinski definition) is 1. The highest BCUT2D eigenvalue weighted by Crippen LogP contribution is 2.20. The highest BCUT2D eigenvalue weighted by molar-refractivity contribution is 7.87. The molecule has 7 nitrogen and oxygen atoms in total. The SMILES string of the molecule is CCNC(=O)N(Cc1ccc(OS(=O)(=O)c2ccc(F)cc2)cc1)Cc1ccco1. The second-order valence-corrected chi connectivity index (χ2v) is 7.95. The summed E-state index contributed by atoms with van der Waals surface area (Å²) in [6.07, 6.45) is 1.54. The van der Waals surface area contributed by atoms with Crippen molar-refractivity contribution in [3.63, 3.8) is 0 Å². The van der Waals surface area contributed by atoms with Crippen LogP contribution in [0.3, 0.4) is 0 Å². The first-order valence-electron chi connectivity index (χ1n) is 9.21. The lowest BCUT2D eigenvalue weighted by molar-refractivity contribution is 0.188. The van der Waals surface area contributed by atoms with E-state index in [0.29, 0.717) is 12.3 Å². The first kappa shape index (κ1) is 21.4. The Morgan fingerprint density at radius 2 is 1.77 bits per heavy atom. The monoisotopic (exact) mass is 432 g/mol. The van der Waals surface area contributed by atoms with E-state index in [0.717, 1.165) is 29.8 Å². The molecule has 3 aromatic rings. The first-order valence-corrected chi connectivity index (χ1v) is 10.6. The van der Waals surface area contributed by atoms with Gasteiger partial charge in [-0.2, -0.15) is 8.42 Å². The van der Waals surface area contributed by atoms with Crippen LogP contribution >= 0.6 is 0 Å². The van der Waals surface area contributed by atoms with Crippen molar-refractivity contribution in [3.8, 4) is 5.75 Å². The van der Waals surface area contributed by atoms with Crippen molar-refractivity contribution in [3.05, 3.63) is 84.1 Å². The molecule has 1 N–H and O–H groups in total. The van der Waals surface area contributed by atoms with Crippen LogP contribution in [0.1, 0.15) is 18.2 Å². The molecule has 0 aliphatic carbocycles. The third-order valence-corrected chi connectivity index (χ3v) is 5.41. The number of furan rings is 1. The minimum absolute atomic E-state index is 0.110. The van der Waals surface area contributed by atoms with E-state index in [1.165, 1.54) is 12.1 Å². The largest absolute Gasteiger partial charge is 0.467 e. The Balaban J connectivity index is 1.70. The molecule has 1 aromatic heterocycles. The lowest BCUT2D eigenvalue weighted by Gasteiger charge is -2.22. The van der Waals surface area contributed by atoms with E-state index in [1.807, 2.05) is 6.92 Å². The summed E-state index contributed by atoms with van der Waals surface area (Å²) in [6, 6.07) is 14.0. The fourth-order valence-electron chi connectivity index (χ4n) is 2.70. The number of benzene rings is 2. The predicted octanol–water partition coefficient (Wildman–Crippen LogP) is 3.92. The normalized spacial score (nSPS) is 11.1. The molecule has 3 rings (SSSR count). The number of hydrogen-bond acceptors (Lipinski definition) is 5. The quantitative estimate of drug-likeness (QED) is 0.545. The number of amides is 2. The molecular weight excluding hydrogens is 411 g/mol. The molecule has 2 amide bonds. The van der Waals surface area contributed by atoms with Crippen LogP contribution in [-0.4, -0.2) is 25.9 Å². The van der Waals surface area contributed by atoms with Crippen LogP contribution in [0.15, 0.2) is 76.2 Å². The molecule has 1 heterocycles. The summed E-state index contributed by atoms with van der Waals surface area (Å²) in [5.41, 5.74) is 0.777. The van der Waals surface area contributed by atoms with Crippen LogP contribution in [0.4, 0.5) is 9.18 Å². The maximum absolute atomic E-state index is 13.0. The minimum Gasteiger partial charge on any atom is -0.467 e. The van der Waals surface area contributed by atoms with Gasteiger partial charge in [-0.1, -0.05) is 12.1 Å². The topological polar surface area (TPSA) is 88.9 Å². The van der Waals surface area contributed by atoms with Crippen LogP contribution in [-0.2, 0) is 23.2 Å². The van der Waals surface area contributed by atoms with E-state index in [1.54, 1.807) is 35.4 Å². The van der Waals surface area contributed by atoms with Crippen molar-refractivity contribution in [2.45, 2.75) is 24.9 Å². The van der Waals surface area contributed by atoms with Crippen LogP contribution in [0.25, 0.3) is 0 Å². The lowest BCUT2D eigenvalue weighted by Crippen LogP contribution is -2.38. The predicted molar refractivity (Wildman–Crippen MR) is 108 cm³/mol. The zero-order valence-electron chi connectivity index (χ0n) is 16.2. The second-order valence-electron chi connectivity index (χ2n) is 6.41. The van der Waals surface area contributed by atoms with Gasteiger partial charge in [0.2, 0.25) is 0 Å². The molecule has 0 unspecified atom stereocenters. The number of halogens is 1. The van der Waals surface area contributed by atoms with Gasteiger partial charge < -0.3 is 18.8 Å². The van der Waals surface area contributed by atoms with Crippen LogP contribution in [0, 0.1) is 5.82 Å². The molecule has 0 spiro atoms. The average Bonchev–Trinajstić information content (AvgIpc) is 3.22. The Morgan fingerprint density at radius 3 is 2.37 bits per heavy atom. The van der Waals surface area contributed by atoms with E-state index in [-0.39, 0.29) is 29.8 Å². The molecular formula is C21H21FN2O5S. The molecule has 158 valence electrons.